The highest BCUT2D eigenvalue weighted by Gasteiger charge is 2.35. The van der Waals surface area contributed by atoms with Gasteiger partial charge < -0.3 is 15.1 Å². The van der Waals surface area contributed by atoms with Crippen molar-refractivity contribution in [3.05, 3.63) is 64.4 Å². The van der Waals surface area contributed by atoms with Gasteiger partial charge in [-0.2, -0.15) is 0 Å². The van der Waals surface area contributed by atoms with Gasteiger partial charge in [0.2, 0.25) is 0 Å². The predicted octanol–water partition coefficient (Wildman–Crippen LogP) is 3.59. The highest BCUT2D eigenvalue weighted by atomic mass is 32.1. The summed E-state index contributed by atoms with van der Waals surface area (Å²) in [7, 11) is 0. The maximum atomic E-state index is 13.1. The average molecular weight is 367 g/mol. The van der Waals surface area contributed by atoms with Gasteiger partial charge in [0, 0.05) is 25.0 Å². The zero-order chi connectivity index (χ0) is 18.3. The number of benzene rings is 1. The van der Waals surface area contributed by atoms with E-state index >= 15 is 0 Å². The van der Waals surface area contributed by atoms with Crippen molar-refractivity contribution in [3.8, 4) is 10.8 Å². The van der Waals surface area contributed by atoms with Gasteiger partial charge in [-0.3, -0.25) is 4.79 Å². The van der Waals surface area contributed by atoms with Gasteiger partial charge in [0.1, 0.15) is 10.6 Å². The van der Waals surface area contributed by atoms with Crippen molar-refractivity contribution in [1.29, 1.82) is 0 Å². The maximum Gasteiger partial charge on any atom is 0.265 e. The second-order valence-electron chi connectivity index (χ2n) is 6.74. The number of carbonyl (C=O) groups excluding carboxylic acids is 1. The number of carbonyl (C=O) groups is 1. The highest BCUT2D eigenvalue weighted by molar-refractivity contribution is 7.17. The van der Waals surface area contributed by atoms with E-state index in [0.29, 0.717) is 23.7 Å². The number of aromatic nitrogens is 1. The van der Waals surface area contributed by atoms with Crippen LogP contribution >= 0.6 is 11.3 Å². The molecule has 2 N–H and O–H groups in total. The summed E-state index contributed by atoms with van der Waals surface area (Å²) >= 11 is 1.38. The van der Waals surface area contributed by atoms with Crippen LogP contribution in [0.2, 0.25) is 0 Å². The van der Waals surface area contributed by atoms with Crippen molar-refractivity contribution in [1.82, 2.24) is 9.88 Å². The number of thiazole rings is 1. The molecule has 2 aromatic heterocycles. The third-order valence-corrected chi connectivity index (χ3v) is 5.98. The van der Waals surface area contributed by atoms with Crippen molar-refractivity contribution in [3.63, 3.8) is 0 Å². The van der Waals surface area contributed by atoms with E-state index in [2.05, 4.69) is 17.1 Å². The quantitative estimate of drug-likeness (QED) is 0.768. The second-order valence-corrected chi connectivity index (χ2v) is 7.73. The molecule has 3 aromatic rings. The summed E-state index contributed by atoms with van der Waals surface area (Å²) in [6, 6.07) is 13.9. The first-order chi connectivity index (χ1) is 12.5. The second kappa shape index (κ2) is 6.70. The Balaban J connectivity index is 1.56. The lowest BCUT2D eigenvalue weighted by Crippen LogP contribution is -2.32. The van der Waals surface area contributed by atoms with Crippen LogP contribution in [-0.2, 0) is 0 Å². The monoisotopic (exact) mass is 367 g/mol. The summed E-state index contributed by atoms with van der Waals surface area (Å²) < 4.78 is 5.64. The van der Waals surface area contributed by atoms with Crippen LogP contribution in [0, 0.1) is 13.8 Å². The molecule has 26 heavy (non-hydrogen) atoms. The number of hydrogen-bond acceptors (Lipinski definition) is 5. The number of furan rings is 1. The van der Waals surface area contributed by atoms with Gasteiger partial charge in [-0.05, 0) is 31.5 Å². The minimum Gasteiger partial charge on any atom is -0.459 e. The summed E-state index contributed by atoms with van der Waals surface area (Å²) in [5.41, 5.74) is 8.25. The summed E-state index contributed by atoms with van der Waals surface area (Å²) in [5.74, 6) is 1.70. The van der Waals surface area contributed by atoms with Crippen LogP contribution in [0.1, 0.15) is 32.6 Å². The summed E-state index contributed by atoms with van der Waals surface area (Å²) in [6.07, 6.45) is 0. The van der Waals surface area contributed by atoms with Crippen LogP contribution < -0.4 is 5.73 Å². The Hall–Kier alpha value is -2.44. The first-order valence-electron chi connectivity index (χ1n) is 8.67. The molecule has 0 saturated carbocycles. The number of amides is 1. The zero-order valence-electron chi connectivity index (χ0n) is 14.8. The number of likely N-dealkylation sites (tertiary alicyclic amines) is 1. The Morgan fingerprint density at radius 3 is 2.65 bits per heavy atom. The Kier molecular flexibility index (Phi) is 4.38. The van der Waals surface area contributed by atoms with Gasteiger partial charge in [-0.25, -0.2) is 4.98 Å². The Morgan fingerprint density at radius 2 is 1.96 bits per heavy atom. The molecular weight excluding hydrogens is 346 g/mol. The van der Waals surface area contributed by atoms with Crippen LogP contribution in [0.15, 0.2) is 46.9 Å². The van der Waals surface area contributed by atoms with Gasteiger partial charge in [0.15, 0.2) is 10.8 Å². The molecule has 134 valence electrons. The van der Waals surface area contributed by atoms with Crippen LogP contribution in [0.5, 0.6) is 0 Å². The van der Waals surface area contributed by atoms with Crippen LogP contribution in [-0.4, -0.2) is 34.9 Å². The van der Waals surface area contributed by atoms with Gasteiger partial charge in [-0.15, -0.1) is 11.3 Å². The van der Waals surface area contributed by atoms with Crippen LogP contribution in [0.25, 0.3) is 10.8 Å². The fourth-order valence-corrected chi connectivity index (χ4v) is 4.44. The largest absolute Gasteiger partial charge is 0.459 e. The molecule has 1 saturated heterocycles. The molecule has 1 fully saturated rings. The van der Waals surface area contributed by atoms with Crippen LogP contribution in [0.3, 0.4) is 0 Å². The lowest BCUT2D eigenvalue weighted by Gasteiger charge is -2.15. The van der Waals surface area contributed by atoms with E-state index < -0.39 is 0 Å². The Labute approximate surface area is 156 Å². The molecule has 0 aliphatic carbocycles. The topological polar surface area (TPSA) is 72.4 Å². The molecule has 0 spiro atoms. The standard InChI is InChI=1S/C20H21N3O2S/c1-12-8-9-17(25-12)19-22-13(2)18(26-19)20(24)23-10-15(16(21)11-23)14-6-4-3-5-7-14/h3-9,15-16H,10-11,21H2,1-2H3/t15-,16+/m0/s1. The van der Waals surface area contributed by atoms with Gasteiger partial charge in [-0.1, -0.05) is 30.3 Å². The van der Waals surface area contributed by atoms with E-state index in [1.807, 2.05) is 49.1 Å². The molecule has 0 bridgehead atoms. The number of aryl methyl sites for hydroxylation is 2. The highest BCUT2D eigenvalue weighted by Crippen LogP contribution is 2.32. The van der Waals surface area contributed by atoms with Gasteiger partial charge >= 0.3 is 0 Å². The molecule has 3 heterocycles. The number of rotatable bonds is 3. The maximum absolute atomic E-state index is 13.1. The lowest BCUT2D eigenvalue weighted by molar-refractivity contribution is 0.0793. The van der Waals surface area contributed by atoms with E-state index in [1.54, 1.807) is 0 Å². The number of nitrogens with two attached hydrogens (primary N) is 1. The third-order valence-electron chi connectivity index (χ3n) is 4.82. The van der Waals surface area contributed by atoms with Crippen molar-refractivity contribution in [2.24, 2.45) is 5.73 Å². The predicted molar refractivity (Wildman–Crippen MR) is 102 cm³/mol. The Bertz CT molecular complexity index is 932. The zero-order valence-corrected chi connectivity index (χ0v) is 15.6. The van der Waals surface area contributed by atoms with E-state index in [1.165, 1.54) is 16.9 Å². The summed E-state index contributed by atoms with van der Waals surface area (Å²) in [5, 5.41) is 0.738. The normalized spacial score (nSPS) is 19.9. The molecule has 2 atom stereocenters. The van der Waals surface area contributed by atoms with Gasteiger partial charge in [0.25, 0.3) is 5.91 Å². The molecule has 1 aromatic carbocycles. The molecular formula is C20H21N3O2S. The molecule has 1 aliphatic rings. The fraction of sp³-hybridized carbons (Fsp3) is 0.300. The molecule has 1 aliphatic heterocycles. The van der Waals surface area contributed by atoms with Gasteiger partial charge in [0.05, 0.1) is 5.69 Å². The van der Waals surface area contributed by atoms with Crippen molar-refractivity contribution >= 4 is 17.2 Å². The van der Waals surface area contributed by atoms with Crippen molar-refractivity contribution in [2.75, 3.05) is 13.1 Å². The molecule has 5 nitrogen and oxygen atoms in total. The SMILES string of the molecule is Cc1ccc(-c2nc(C)c(C(=O)N3C[C@@H](N)[C@H](c4ccccc4)C3)s2)o1. The Morgan fingerprint density at radius 1 is 1.19 bits per heavy atom. The minimum absolute atomic E-state index is 0.00316. The molecule has 1 amide bonds. The fourth-order valence-electron chi connectivity index (χ4n) is 3.44. The lowest BCUT2D eigenvalue weighted by atomic mass is 9.95. The minimum atomic E-state index is -0.0539. The van der Waals surface area contributed by atoms with E-state index in [-0.39, 0.29) is 17.9 Å². The number of nitrogens with zero attached hydrogens (tertiary/aromatic N) is 2. The van der Waals surface area contributed by atoms with Crippen LogP contribution in [0.4, 0.5) is 0 Å². The summed E-state index contributed by atoms with van der Waals surface area (Å²) in [4.78, 5) is 20.1. The first-order valence-corrected chi connectivity index (χ1v) is 9.48. The van der Waals surface area contributed by atoms with Crippen molar-refractivity contribution in [2.45, 2.75) is 25.8 Å². The van der Waals surface area contributed by atoms with E-state index in [9.17, 15) is 4.79 Å². The molecule has 0 unspecified atom stereocenters. The third kappa shape index (κ3) is 3.06. The number of hydrogen-bond donors (Lipinski definition) is 1. The van der Waals surface area contributed by atoms with E-state index in [0.717, 1.165) is 16.5 Å². The molecule has 4 rings (SSSR count). The summed E-state index contributed by atoms with van der Waals surface area (Å²) in [6.45, 7) is 4.96. The average Bonchev–Trinajstić information content (AvgIpc) is 3.33. The first kappa shape index (κ1) is 17.0. The van der Waals surface area contributed by atoms with E-state index in [4.69, 9.17) is 10.2 Å². The smallest absolute Gasteiger partial charge is 0.265 e. The van der Waals surface area contributed by atoms with Crippen molar-refractivity contribution < 1.29 is 9.21 Å². The molecule has 0 radical (unpaired) electrons. The molecule has 6 heteroatoms.